The molecule has 0 aromatic heterocycles. The van der Waals surface area contributed by atoms with Crippen molar-refractivity contribution in [1.29, 1.82) is 0 Å². The molecule has 0 radical (unpaired) electrons. The van der Waals surface area contributed by atoms with Crippen molar-refractivity contribution in [3.63, 3.8) is 0 Å². The molecule has 2 aliphatic rings. The van der Waals surface area contributed by atoms with Crippen LogP contribution in [0.15, 0.2) is 36.4 Å². The summed E-state index contributed by atoms with van der Waals surface area (Å²) in [6, 6.07) is 10.0. The van der Waals surface area contributed by atoms with Crippen LogP contribution in [-0.2, 0) is 4.79 Å². The van der Waals surface area contributed by atoms with E-state index in [9.17, 15) is 14.4 Å². The molecule has 2 aromatic rings. The van der Waals surface area contributed by atoms with Gasteiger partial charge in [0.1, 0.15) is 6.54 Å². The lowest BCUT2D eigenvalue weighted by Crippen LogP contribution is -2.37. The highest BCUT2D eigenvalue weighted by molar-refractivity contribution is 6.22. The van der Waals surface area contributed by atoms with Crippen molar-refractivity contribution in [2.45, 2.75) is 6.92 Å². The van der Waals surface area contributed by atoms with E-state index in [2.05, 4.69) is 5.32 Å². The zero-order valence-corrected chi connectivity index (χ0v) is 13.4. The average molecular weight is 338 g/mol. The number of hydrogen-bond donors (Lipinski definition) is 1. The third kappa shape index (κ3) is 2.59. The maximum Gasteiger partial charge on any atom is 0.262 e. The van der Waals surface area contributed by atoms with E-state index in [4.69, 9.17) is 9.47 Å². The SMILES string of the molecule is Cc1ccc2c(c1)C(=O)N(CC(=O)Nc1ccc3c(c1)OCO3)C2=O. The van der Waals surface area contributed by atoms with Crippen LogP contribution < -0.4 is 14.8 Å². The van der Waals surface area contributed by atoms with E-state index in [0.29, 0.717) is 28.3 Å². The van der Waals surface area contributed by atoms with Gasteiger partial charge in [-0.2, -0.15) is 0 Å². The second kappa shape index (κ2) is 5.62. The number of rotatable bonds is 3. The highest BCUT2D eigenvalue weighted by Crippen LogP contribution is 2.34. The van der Waals surface area contributed by atoms with Crippen molar-refractivity contribution in [2.24, 2.45) is 0 Å². The zero-order valence-electron chi connectivity index (χ0n) is 13.4. The number of carbonyl (C=O) groups excluding carboxylic acids is 3. The number of fused-ring (bicyclic) bond motifs is 2. The molecule has 2 aliphatic heterocycles. The van der Waals surface area contributed by atoms with Crippen LogP contribution in [0.25, 0.3) is 0 Å². The van der Waals surface area contributed by atoms with Gasteiger partial charge in [0.25, 0.3) is 11.8 Å². The number of carbonyl (C=O) groups is 3. The fourth-order valence-electron chi connectivity index (χ4n) is 2.87. The lowest BCUT2D eigenvalue weighted by atomic mass is 10.1. The Hall–Kier alpha value is -3.35. The molecule has 25 heavy (non-hydrogen) atoms. The summed E-state index contributed by atoms with van der Waals surface area (Å²) in [6.07, 6.45) is 0. The maximum absolute atomic E-state index is 12.4. The van der Waals surface area contributed by atoms with Crippen molar-refractivity contribution in [3.8, 4) is 11.5 Å². The number of imide groups is 1. The molecule has 2 heterocycles. The minimum absolute atomic E-state index is 0.140. The van der Waals surface area contributed by atoms with Gasteiger partial charge in [-0.1, -0.05) is 11.6 Å². The average Bonchev–Trinajstić information content (AvgIpc) is 3.13. The molecule has 0 atom stereocenters. The van der Waals surface area contributed by atoms with Crippen LogP contribution in [0.4, 0.5) is 5.69 Å². The van der Waals surface area contributed by atoms with Gasteiger partial charge in [0.15, 0.2) is 11.5 Å². The molecule has 0 aliphatic carbocycles. The molecule has 2 aromatic carbocycles. The number of amides is 3. The molecule has 4 rings (SSSR count). The van der Waals surface area contributed by atoms with Gasteiger partial charge in [0.2, 0.25) is 12.7 Å². The summed E-state index contributed by atoms with van der Waals surface area (Å²) in [5.41, 5.74) is 2.04. The number of aryl methyl sites for hydroxylation is 1. The van der Waals surface area contributed by atoms with Crippen LogP contribution in [-0.4, -0.2) is 36.0 Å². The van der Waals surface area contributed by atoms with Crippen LogP contribution in [0.3, 0.4) is 0 Å². The molecule has 7 nitrogen and oxygen atoms in total. The second-order valence-electron chi connectivity index (χ2n) is 5.86. The largest absolute Gasteiger partial charge is 0.454 e. The van der Waals surface area contributed by atoms with Gasteiger partial charge < -0.3 is 14.8 Å². The number of ether oxygens (including phenoxy) is 2. The summed E-state index contributed by atoms with van der Waals surface area (Å²) in [6.45, 7) is 1.63. The molecule has 0 bridgehead atoms. The summed E-state index contributed by atoms with van der Waals surface area (Å²) in [5, 5.41) is 2.66. The Morgan fingerprint density at radius 1 is 1.04 bits per heavy atom. The van der Waals surface area contributed by atoms with Gasteiger partial charge >= 0.3 is 0 Å². The molecule has 0 fully saturated rings. The van der Waals surface area contributed by atoms with Gasteiger partial charge in [-0.15, -0.1) is 0 Å². The van der Waals surface area contributed by atoms with Gasteiger partial charge in [0.05, 0.1) is 11.1 Å². The highest BCUT2D eigenvalue weighted by atomic mass is 16.7. The molecule has 0 unspecified atom stereocenters. The first-order chi connectivity index (χ1) is 12.0. The highest BCUT2D eigenvalue weighted by Gasteiger charge is 2.36. The summed E-state index contributed by atoms with van der Waals surface area (Å²) in [5.74, 6) is -0.238. The first-order valence-electron chi connectivity index (χ1n) is 7.69. The Morgan fingerprint density at radius 2 is 1.80 bits per heavy atom. The van der Waals surface area contributed by atoms with Crippen LogP contribution in [0.1, 0.15) is 26.3 Å². The van der Waals surface area contributed by atoms with E-state index in [0.717, 1.165) is 10.5 Å². The third-order valence-corrected chi connectivity index (χ3v) is 4.08. The standard InChI is InChI=1S/C18H14N2O5/c1-10-2-4-12-13(6-10)18(23)20(17(12)22)8-16(21)19-11-3-5-14-15(7-11)25-9-24-14/h2-7H,8-9H2,1H3,(H,19,21). The number of hydrogen-bond acceptors (Lipinski definition) is 5. The molecular formula is C18H14N2O5. The molecular weight excluding hydrogens is 324 g/mol. The van der Waals surface area contributed by atoms with Crippen molar-refractivity contribution >= 4 is 23.4 Å². The van der Waals surface area contributed by atoms with E-state index in [1.807, 2.05) is 6.92 Å². The monoisotopic (exact) mass is 338 g/mol. The summed E-state index contributed by atoms with van der Waals surface area (Å²) in [7, 11) is 0. The lowest BCUT2D eigenvalue weighted by Gasteiger charge is -2.13. The first kappa shape index (κ1) is 15.2. The van der Waals surface area contributed by atoms with Crippen LogP contribution >= 0.6 is 0 Å². The molecule has 0 saturated heterocycles. The summed E-state index contributed by atoms with van der Waals surface area (Å²) < 4.78 is 10.5. The summed E-state index contributed by atoms with van der Waals surface area (Å²) in [4.78, 5) is 37.9. The van der Waals surface area contributed by atoms with Crippen LogP contribution in [0.2, 0.25) is 0 Å². The zero-order chi connectivity index (χ0) is 17.6. The fraction of sp³-hybridized carbons (Fsp3) is 0.167. The predicted octanol–water partition coefficient (Wildman–Crippen LogP) is 1.96. The van der Waals surface area contributed by atoms with Crippen molar-refractivity contribution in [3.05, 3.63) is 53.1 Å². The van der Waals surface area contributed by atoms with Crippen LogP contribution in [0, 0.1) is 6.92 Å². The molecule has 0 spiro atoms. The van der Waals surface area contributed by atoms with E-state index < -0.39 is 17.7 Å². The summed E-state index contributed by atoms with van der Waals surface area (Å²) >= 11 is 0. The van der Waals surface area contributed by atoms with Crippen LogP contribution in [0.5, 0.6) is 11.5 Å². The molecule has 7 heteroatoms. The Balaban J connectivity index is 1.48. The predicted molar refractivity (Wildman–Crippen MR) is 87.7 cm³/mol. The number of anilines is 1. The molecule has 3 amide bonds. The van der Waals surface area contributed by atoms with Gasteiger partial charge in [-0.05, 0) is 31.2 Å². The number of benzene rings is 2. The van der Waals surface area contributed by atoms with Crippen molar-refractivity contribution < 1.29 is 23.9 Å². The van der Waals surface area contributed by atoms with E-state index in [-0.39, 0.29) is 13.3 Å². The normalized spacial score (nSPS) is 14.7. The van der Waals surface area contributed by atoms with Crippen molar-refractivity contribution in [2.75, 3.05) is 18.7 Å². The topological polar surface area (TPSA) is 84.9 Å². The smallest absolute Gasteiger partial charge is 0.262 e. The maximum atomic E-state index is 12.4. The number of nitrogens with zero attached hydrogens (tertiary/aromatic N) is 1. The molecule has 126 valence electrons. The lowest BCUT2D eigenvalue weighted by molar-refractivity contribution is -0.116. The van der Waals surface area contributed by atoms with Gasteiger partial charge in [0, 0.05) is 11.8 Å². The van der Waals surface area contributed by atoms with E-state index in [1.54, 1.807) is 36.4 Å². The van der Waals surface area contributed by atoms with E-state index in [1.165, 1.54) is 0 Å². The Morgan fingerprint density at radius 3 is 2.64 bits per heavy atom. The van der Waals surface area contributed by atoms with E-state index >= 15 is 0 Å². The minimum atomic E-state index is -0.468. The quantitative estimate of drug-likeness (QED) is 0.865. The Labute approximate surface area is 143 Å². The number of nitrogens with one attached hydrogen (secondary N) is 1. The second-order valence-corrected chi connectivity index (χ2v) is 5.86. The molecule has 0 saturated carbocycles. The van der Waals surface area contributed by atoms with Crippen molar-refractivity contribution in [1.82, 2.24) is 4.90 Å². The minimum Gasteiger partial charge on any atom is -0.454 e. The first-order valence-corrected chi connectivity index (χ1v) is 7.69. The Kier molecular flexibility index (Phi) is 3.42. The fourth-order valence-corrected chi connectivity index (χ4v) is 2.87. The molecule has 1 N–H and O–H groups in total. The van der Waals surface area contributed by atoms with Gasteiger partial charge in [-0.25, -0.2) is 0 Å². The third-order valence-electron chi connectivity index (χ3n) is 4.08. The Bertz CT molecular complexity index is 922. The van der Waals surface area contributed by atoms with Gasteiger partial charge in [-0.3, -0.25) is 19.3 Å².